The Morgan fingerprint density at radius 2 is 1.69 bits per heavy atom. The van der Waals surface area contributed by atoms with Crippen LogP contribution in [-0.2, 0) is 9.59 Å². The van der Waals surface area contributed by atoms with Crippen LogP contribution < -0.4 is 4.90 Å². The van der Waals surface area contributed by atoms with Crippen LogP contribution in [0, 0.1) is 0 Å². The lowest BCUT2D eigenvalue weighted by Gasteiger charge is -2.14. The van der Waals surface area contributed by atoms with Gasteiger partial charge in [0.25, 0.3) is 11.8 Å². The van der Waals surface area contributed by atoms with Crippen LogP contribution in [-0.4, -0.2) is 21.5 Å². The number of hydrogen-bond acceptors (Lipinski definition) is 2. The second kappa shape index (κ2) is 3.91. The van der Waals surface area contributed by atoms with Crippen LogP contribution in [0.5, 0.6) is 0 Å². The molecule has 0 aliphatic carbocycles. The van der Waals surface area contributed by atoms with E-state index in [1.807, 2.05) is 0 Å². The number of halogens is 3. The van der Waals surface area contributed by atoms with Crippen molar-refractivity contribution < 1.29 is 9.59 Å². The van der Waals surface area contributed by atoms with Gasteiger partial charge in [-0.2, -0.15) is 0 Å². The summed E-state index contributed by atoms with van der Waals surface area (Å²) in [4.78, 5) is 24.4. The third kappa shape index (κ3) is 1.59. The Hall–Kier alpha value is -0.770. The molecule has 1 atom stereocenters. The van der Waals surface area contributed by atoms with Gasteiger partial charge in [-0.05, 0) is 12.1 Å². The van der Waals surface area contributed by atoms with Crippen LogP contribution in [0.4, 0.5) is 5.69 Å². The van der Waals surface area contributed by atoms with Gasteiger partial charge in [-0.15, -0.1) is 11.6 Å². The van der Waals surface area contributed by atoms with Crippen LogP contribution in [0.15, 0.2) is 30.3 Å². The molecule has 0 spiro atoms. The molecule has 2 amide bonds. The number of amides is 2. The van der Waals surface area contributed by atoms with E-state index in [4.69, 9.17) is 34.8 Å². The zero-order valence-corrected chi connectivity index (χ0v) is 10.1. The Morgan fingerprint density at radius 3 is 2.12 bits per heavy atom. The number of hydrogen-bond donors (Lipinski definition) is 0. The van der Waals surface area contributed by atoms with Crippen LogP contribution in [0.3, 0.4) is 0 Å². The van der Waals surface area contributed by atoms with E-state index in [2.05, 4.69) is 0 Å². The molecular formula is C10H6Cl3NO2. The molecule has 1 aromatic carbocycles. The predicted octanol–water partition coefficient (Wildman–Crippen LogP) is 2.34. The van der Waals surface area contributed by atoms with E-state index in [0.29, 0.717) is 5.69 Å². The van der Waals surface area contributed by atoms with Crippen molar-refractivity contribution in [1.29, 1.82) is 0 Å². The van der Waals surface area contributed by atoms with E-state index < -0.39 is 21.5 Å². The van der Waals surface area contributed by atoms with Gasteiger partial charge in [-0.3, -0.25) is 9.59 Å². The fraction of sp³-hybridized carbons (Fsp3) is 0.200. The standard InChI is InChI=1S/C10H6Cl3NO2/c11-7-8(15)14(9(16)10(7,12)13)6-4-2-1-3-5-6/h1-5,7H. The summed E-state index contributed by atoms with van der Waals surface area (Å²) in [5, 5.41) is -1.26. The number of imide groups is 1. The Balaban J connectivity index is 2.45. The summed E-state index contributed by atoms with van der Waals surface area (Å²) in [6, 6.07) is 8.37. The molecule has 1 aliphatic heterocycles. The topological polar surface area (TPSA) is 37.4 Å². The zero-order chi connectivity index (χ0) is 11.9. The van der Waals surface area contributed by atoms with E-state index in [9.17, 15) is 9.59 Å². The minimum absolute atomic E-state index is 0.409. The van der Waals surface area contributed by atoms with Crippen molar-refractivity contribution in [3.05, 3.63) is 30.3 Å². The van der Waals surface area contributed by atoms with Crippen molar-refractivity contribution in [3.63, 3.8) is 0 Å². The molecule has 1 aromatic rings. The number of nitrogens with zero attached hydrogens (tertiary/aromatic N) is 1. The highest BCUT2D eigenvalue weighted by atomic mass is 35.5. The molecule has 6 heteroatoms. The van der Waals surface area contributed by atoms with Gasteiger partial charge in [0, 0.05) is 0 Å². The van der Waals surface area contributed by atoms with E-state index in [-0.39, 0.29) is 0 Å². The molecular weight excluding hydrogens is 272 g/mol. The second-order valence-electron chi connectivity index (χ2n) is 3.30. The van der Waals surface area contributed by atoms with Gasteiger partial charge in [0.1, 0.15) is 0 Å². The monoisotopic (exact) mass is 277 g/mol. The number of rotatable bonds is 1. The van der Waals surface area contributed by atoms with E-state index in [1.165, 1.54) is 0 Å². The smallest absolute Gasteiger partial charge is 0.272 e. The van der Waals surface area contributed by atoms with Gasteiger partial charge in [0.05, 0.1) is 5.69 Å². The summed E-state index contributed by atoms with van der Waals surface area (Å²) in [5.74, 6) is -1.32. The van der Waals surface area contributed by atoms with E-state index in [1.54, 1.807) is 30.3 Å². The third-order valence-corrected chi connectivity index (χ3v) is 3.76. The molecule has 0 aromatic heterocycles. The molecule has 2 rings (SSSR count). The summed E-state index contributed by atoms with van der Waals surface area (Å²) < 4.78 is -1.89. The Bertz CT molecular complexity index is 447. The molecule has 0 saturated carbocycles. The zero-order valence-electron chi connectivity index (χ0n) is 7.86. The normalized spacial score (nSPS) is 23.9. The summed E-state index contributed by atoms with van der Waals surface area (Å²) in [7, 11) is 0. The predicted molar refractivity (Wildman–Crippen MR) is 63.0 cm³/mol. The van der Waals surface area contributed by atoms with Crippen LogP contribution >= 0.6 is 34.8 Å². The van der Waals surface area contributed by atoms with Crippen LogP contribution in [0.25, 0.3) is 0 Å². The molecule has 16 heavy (non-hydrogen) atoms. The van der Waals surface area contributed by atoms with Crippen molar-refractivity contribution in [2.75, 3.05) is 4.90 Å². The molecule has 1 fully saturated rings. The molecule has 0 radical (unpaired) electrons. The summed E-state index contributed by atoms with van der Waals surface area (Å²) >= 11 is 17.2. The molecule has 1 aliphatic rings. The fourth-order valence-corrected chi connectivity index (χ4v) is 1.99. The Labute approximate surface area is 107 Å². The Morgan fingerprint density at radius 1 is 1.12 bits per heavy atom. The quantitative estimate of drug-likeness (QED) is 0.584. The van der Waals surface area contributed by atoms with Crippen molar-refractivity contribution in [1.82, 2.24) is 0 Å². The number of para-hydroxylation sites is 1. The third-order valence-electron chi connectivity index (χ3n) is 2.26. The molecule has 1 heterocycles. The minimum atomic E-state index is -1.89. The lowest BCUT2D eigenvalue weighted by atomic mass is 10.3. The first-order valence-electron chi connectivity index (χ1n) is 4.41. The summed E-state index contributed by atoms with van der Waals surface area (Å²) in [5.41, 5.74) is 0.409. The van der Waals surface area contributed by atoms with Crippen molar-refractivity contribution in [3.8, 4) is 0 Å². The first kappa shape index (κ1) is 11.7. The molecule has 1 unspecified atom stereocenters. The molecule has 1 saturated heterocycles. The number of alkyl halides is 3. The number of carbonyl (C=O) groups excluding carboxylic acids is 2. The molecule has 3 nitrogen and oxygen atoms in total. The van der Waals surface area contributed by atoms with Gasteiger partial charge in [-0.25, -0.2) is 4.90 Å². The second-order valence-corrected chi connectivity index (χ2v) is 5.12. The number of benzene rings is 1. The highest BCUT2D eigenvalue weighted by Crippen LogP contribution is 2.40. The average Bonchev–Trinajstić information content (AvgIpc) is 2.42. The maximum Gasteiger partial charge on any atom is 0.272 e. The van der Waals surface area contributed by atoms with Crippen molar-refractivity contribution in [2.45, 2.75) is 9.71 Å². The summed E-state index contributed by atoms with van der Waals surface area (Å²) in [6.45, 7) is 0. The molecule has 0 N–H and O–H groups in total. The van der Waals surface area contributed by atoms with Gasteiger partial charge >= 0.3 is 0 Å². The van der Waals surface area contributed by atoms with Crippen LogP contribution in [0.2, 0.25) is 0 Å². The lowest BCUT2D eigenvalue weighted by molar-refractivity contribution is -0.121. The minimum Gasteiger partial charge on any atom is -0.272 e. The number of anilines is 1. The van der Waals surface area contributed by atoms with E-state index >= 15 is 0 Å². The molecule has 0 bridgehead atoms. The average molecular weight is 279 g/mol. The summed E-state index contributed by atoms with van der Waals surface area (Å²) in [6.07, 6.45) is 0. The van der Waals surface area contributed by atoms with E-state index in [0.717, 1.165) is 4.90 Å². The van der Waals surface area contributed by atoms with Gasteiger partial charge in [0.15, 0.2) is 5.38 Å². The number of carbonyl (C=O) groups is 2. The maximum absolute atomic E-state index is 11.8. The van der Waals surface area contributed by atoms with Gasteiger partial charge < -0.3 is 0 Å². The maximum atomic E-state index is 11.8. The largest absolute Gasteiger partial charge is 0.272 e. The van der Waals surface area contributed by atoms with Gasteiger partial charge in [0.2, 0.25) is 4.33 Å². The lowest BCUT2D eigenvalue weighted by Crippen LogP contribution is -2.33. The highest BCUT2D eigenvalue weighted by molar-refractivity contribution is 6.69. The van der Waals surface area contributed by atoms with Crippen molar-refractivity contribution >= 4 is 52.3 Å². The first-order chi connectivity index (χ1) is 7.46. The van der Waals surface area contributed by atoms with Crippen molar-refractivity contribution in [2.24, 2.45) is 0 Å². The highest BCUT2D eigenvalue weighted by Gasteiger charge is 2.57. The SMILES string of the molecule is O=C1C(Cl)C(Cl)(Cl)C(=O)N1c1ccccc1. The van der Waals surface area contributed by atoms with Crippen LogP contribution in [0.1, 0.15) is 0 Å². The first-order valence-corrected chi connectivity index (χ1v) is 5.61. The Kier molecular flexibility index (Phi) is 2.86. The molecule has 84 valence electrons. The van der Waals surface area contributed by atoms with Gasteiger partial charge in [-0.1, -0.05) is 41.4 Å². The fourth-order valence-electron chi connectivity index (χ4n) is 1.45.